The fourth-order valence-corrected chi connectivity index (χ4v) is 3.10. The van der Waals surface area contributed by atoms with Crippen LogP contribution in [-0.4, -0.2) is 22.2 Å². The molecule has 8 heteroatoms. The Hall–Kier alpha value is -2.51. The summed E-state index contributed by atoms with van der Waals surface area (Å²) < 4.78 is 16.2. The molecule has 0 spiro atoms. The van der Waals surface area contributed by atoms with Crippen molar-refractivity contribution in [3.8, 4) is 17.1 Å². The largest absolute Gasteiger partial charge is 0.497 e. The van der Waals surface area contributed by atoms with Gasteiger partial charge in [0.05, 0.1) is 12.9 Å². The minimum Gasteiger partial charge on any atom is -0.497 e. The smallest absolute Gasteiger partial charge is 0.257 e. The summed E-state index contributed by atoms with van der Waals surface area (Å²) >= 11 is 7.33. The third kappa shape index (κ3) is 3.47. The second kappa shape index (κ2) is 6.78. The quantitative estimate of drug-likeness (QED) is 0.463. The normalized spacial score (nSPS) is 11.1. The Balaban J connectivity index is 1.48. The number of thioether (sulfide) groups is 1. The maximum Gasteiger partial charge on any atom is 0.257 e. The molecule has 0 aliphatic rings. The number of oxazole rings is 1. The topological polar surface area (TPSA) is 74.2 Å². The van der Waals surface area contributed by atoms with Gasteiger partial charge < -0.3 is 13.7 Å². The van der Waals surface area contributed by atoms with Crippen LogP contribution in [0.2, 0.25) is 5.02 Å². The summed E-state index contributed by atoms with van der Waals surface area (Å²) in [6.07, 6.45) is 0. The van der Waals surface area contributed by atoms with E-state index in [1.54, 1.807) is 25.3 Å². The van der Waals surface area contributed by atoms with Crippen molar-refractivity contribution in [3.63, 3.8) is 0 Å². The Morgan fingerprint density at radius 2 is 2.08 bits per heavy atom. The summed E-state index contributed by atoms with van der Waals surface area (Å²) in [4.78, 5) is 8.78. The molecule has 2 aromatic heterocycles. The molecular weight excluding hydrogens is 362 g/mol. The maximum absolute atomic E-state index is 5.95. The van der Waals surface area contributed by atoms with E-state index in [1.165, 1.54) is 11.8 Å². The van der Waals surface area contributed by atoms with Crippen LogP contribution in [0, 0.1) is 0 Å². The van der Waals surface area contributed by atoms with E-state index in [1.807, 2.05) is 24.3 Å². The predicted octanol–water partition coefficient (Wildman–Crippen LogP) is 4.83. The fourth-order valence-electron chi connectivity index (χ4n) is 2.26. The minimum atomic E-state index is 0.456. The third-order valence-electron chi connectivity index (χ3n) is 3.45. The van der Waals surface area contributed by atoms with Gasteiger partial charge in [-0.2, -0.15) is 4.98 Å². The Bertz CT molecular complexity index is 1030. The first-order valence-corrected chi connectivity index (χ1v) is 8.73. The van der Waals surface area contributed by atoms with Gasteiger partial charge in [0.15, 0.2) is 5.58 Å². The van der Waals surface area contributed by atoms with E-state index in [4.69, 9.17) is 25.3 Å². The van der Waals surface area contributed by atoms with Gasteiger partial charge in [0.2, 0.25) is 11.7 Å². The summed E-state index contributed by atoms with van der Waals surface area (Å²) in [5, 5.41) is 5.15. The number of hydrogen-bond acceptors (Lipinski definition) is 7. The molecule has 6 nitrogen and oxygen atoms in total. The molecule has 0 aliphatic carbocycles. The Kier molecular flexibility index (Phi) is 4.33. The highest BCUT2D eigenvalue weighted by Crippen LogP contribution is 2.28. The van der Waals surface area contributed by atoms with Gasteiger partial charge in [-0.15, -0.1) is 0 Å². The first-order valence-electron chi connectivity index (χ1n) is 7.37. The SMILES string of the molecule is COc1cccc(-c2noc(CSc3nc4cc(Cl)ccc4o3)n2)c1. The molecule has 0 saturated carbocycles. The lowest BCUT2D eigenvalue weighted by Gasteiger charge is -1.99. The van der Waals surface area contributed by atoms with Crippen LogP contribution in [0.15, 0.2) is 56.6 Å². The van der Waals surface area contributed by atoms with E-state index in [0.29, 0.717) is 33.3 Å². The summed E-state index contributed by atoms with van der Waals surface area (Å²) in [5.41, 5.74) is 2.24. The number of fused-ring (bicyclic) bond motifs is 1. The van der Waals surface area contributed by atoms with Crippen molar-refractivity contribution < 1.29 is 13.7 Å². The number of hydrogen-bond donors (Lipinski definition) is 0. The van der Waals surface area contributed by atoms with E-state index >= 15 is 0 Å². The molecule has 0 radical (unpaired) electrons. The highest BCUT2D eigenvalue weighted by Gasteiger charge is 2.12. The zero-order valence-electron chi connectivity index (χ0n) is 13.1. The van der Waals surface area contributed by atoms with Crippen LogP contribution in [0.3, 0.4) is 0 Å². The molecule has 0 saturated heterocycles. The first kappa shape index (κ1) is 16.0. The van der Waals surface area contributed by atoms with Gasteiger partial charge in [-0.3, -0.25) is 0 Å². The monoisotopic (exact) mass is 373 g/mol. The van der Waals surface area contributed by atoms with Gasteiger partial charge in [0.25, 0.3) is 5.22 Å². The molecule has 0 atom stereocenters. The summed E-state index contributed by atoms with van der Waals surface area (Å²) in [6.45, 7) is 0. The maximum atomic E-state index is 5.95. The van der Waals surface area contributed by atoms with Crippen LogP contribution in [0.1, 0.15) is 5.89 Å². The van der Waals surface area contributed by atoms with Gasteiger partial charge in [0, 0.05) is 10.6 Å². The minimum absolute atomic E-state index is 0.456. The predicted molar refractivity (Wildman–Crippen MR) is 94.9 cm³/mol. The molecule has 2 heterocycles. The molecule has 0 N–H and O–H groups in total. The molecule has 0 fully saturated rings. The van der Waals surface area contributed by atoms with Crippen molar-refractivity contribution >= 4 is 34.5 Å². The number of halogens is 1. The van der Waals surface area contributed by atoms with Crippen LogP contribution >= 0.6 is 23.4 Å². The highest BCUT2D eigenvalue weighted by atomic mass is 35.5. The Morgan fingerprint density at radius 1 is 1.16 bits per heavy atom. The van der Waals surface area contributed by atoms with E-state index in [2.05, 4.69) is 15.1 Å². The number of nitrogens with zero attached hydrogens (tertiary/aromatic N) is 3. The molecule has 2 aromatic carbocycles. The average Bonchev–Trinajstić information content (AvgIpc) is 3.26. The molecule has 0 aliphatic heterocycles. The average molecular weight is 374 g/mol. The molecule has 25 heavy (non-hydrogen) atoms. The molecule has 4 rings (SSSR count). The van der Waals surface area contributed by atoms with Crippen LogP contribution in [0.4, 0.5) is 0 Å². The van der Waals surface area contributed by atoms with Gasteiger partial charge in [-0.1, -0.05) is 40.7 Å². The van der Waals surface area contributed by atoms with Crippen molar-refractivity contribution in [1.82, 2.24) is 15.1 Å². The lowest BCUT2D eigenvalue weighted by atomic mass is 10.2. The van der Waals surface area contributed by atoms with Crippen LogP contribution in [0.25, 0.3) is 22.5 Å². The number of aromatic nitrogens is 3. The number of ether oxygens (including phenoxy) is 1. The molecular formula is C17H12ClN3O3S. The lowest BCUT2D eigenvalue weighted by Crippen LogP contribution is -1.86. The Morgan fingerprint density at radius 3 is 2.96 bits per heavy atom. The lowest BCUT2D eigenvalue weighted by molar-refractivity contribution is 0.391. The van der Waals surface area contributed by atoms with Gasteiger partial charge in [0.1, 0.15) is 11.3 Å². The van der Waals surface area contributed by atoms with Gasteiger partial charge in [-0.05, 0) is 30.3 Å². The molecule has 0 unspecified atom stereocenters. The number of rotatable bonds is 5. The van der Waals surface area contributed by atoms with E-state index in [-0.39, 0.29) is 0 Å². The highest BCUT2D eigenvalue weighted by molar-refractivity contribution is 7.98. The zero-order chi connectivity index (χ0) is 17.2. The Labute approximate surface area is 152 Å². The molecule has 126 valence electrons. The van der Waals surface area contributed by atoms with Gasteiger partial charge in [-0.25, -0.2) is 4.98 Å². The summed E-state index contributed by atoms with van der Waals surface area (Å²) in [5.74, 6) is 2.20. The molecule has 0 amide bonds. The van der Waals surface area contributed by atoms with Crippen molar-refractivity contribution in [3.05, 3.63) is 53.4 Å². The zero-order valence-corrected chi connectivity index (χ0v) is 14.7. The number of benzene rings is 2. The standard InChI is InChI=1S/C17H12ClN3O3S/c1-22-12-4-2-3-10(7-12)16-20-15(24-21-16)9-25-17-19-13-8-11(18)5-6-14(13)23-17/h2-8H,9H2,1H3. The fraction of sp³-hybridized carbons (Fsp3) is 0.118. The second-order valence-corrected chi connectivity index (χ2v) is 6.49. The summed E-state index contributed by atoms with van der Waals surface area (Å²) in [7, 11) is 1.62. The second-order valence-electron chi connectivity index (χ2n) is 5.12. The molecule has 4 aromatic rings. The van der Waals surface area contributed by atoms with Crippen molar-refractivity contribution in [2.24, 2.45) is 0 Å². The van der Waals surface area contributed by atoms with Crippen LogP contribution in [0.5, 0.6) is 5.75 Å². The third-order valence-corrected chi connectivity index (χ3v) is 4.49. The van der Waals surface area contributed by atoms with Crippen molar-refractivity contribution in [2.45, 2.75) is 11.0 Å². The van der Waals surface area contributed by atoms with E-state index < -0.39 is 0 Å². The number of methoxy groups -OCH3 is 1. The van der Waals surface area contributed by atoms with Crippen LogP contribution in [-0.2, 0) is 5.75 Å². The molecule has 0 bridgehead atoms. The summed E-state index contributed by atoms with van der Waals surface area (Å²) in [6, 6.07) is 12.8. The van der Waals surface area contributed by atoms with Gasteiger partial charge >= 0.3 is 0 Å². The van der Waals surface area contributed by atoms with E-state index in [9.17, 15) is 0 Å². The van der Waals surface area contributed by atoms with Crippen molar-refractivity contribution in [2.75, 3.05) is 7.11 Å². The van der Waals surface area contributed by atoms with E-state index in [0.717, 1.165) is 16.8 Å². The first-order chi connectivity index (χ1) is 12.2. The van der Waals surface area contributed by atoms with Crippen molar-refractivity contribution in [1.29, 1.82) is 0 Å². The van der Waals surface area contributed by atoms with Crippen LogP contribution < -0.4 is 4.74 Å².